The summed E-state index contributed by atoms with van der Waals surface area (Å²) in [6, 6.07) is 3.60. The number of nitrogens with zero attached hydrogens (tertiary/aromatic N) is 1. The van der Waals surface area contributed by atoms with E-state index in [0.29, 0.717) is 12.2 Å². The van der Waals surface area contributed by atoms with Gasteiger partial charge in [-0.1, -0.05) is 11.6 Å². The number of urea groups is 1. The summed E-state index contributed by atoms with van der Waals surface area (Å²) in [7, 11) is 1.65. The van der Waals surface area contributed by atoms with Gasteiger partial charge in [0.1, 0.15) is 5.82 Å². The maximum Gasteiger partial charge on any atom is 0.321 e. The number of amides is 2. The molecule has 0 radical (unpaired) electrons. The van der Waals surface area contributed by atoms with Crippen LogP contribution in [0.2, 0.25) is 5.02 Å². The first-order valence-electron chi connectivity index (χ1n) is 4.51. The standard InChI is InChI=1S/C10H12ClFN2O/c1-3-14(2)10(15)13-9-5-7(11)4-8(12)6-9/h4-6H,3H2,1-2H3,(H,13,15). The number of hydrogen-bond acceptors (Lipinski definition) is 1. The van der Waals surface area contributed by atoms with Crippen LogP contribution < -0.4 is 5.32 Å². The van der Waals surface area contributed by atoms with Gasteiger partial charge < -0.3 is 10.2 Å². The van der Waals surface area contributed by atoms with Gasteiger partial charge >= 0.3 is 6.03 Å². The van der Waals surface area contributed by atoms with Gasteiger partial charge in [-0.2, -0.15) is 0 Å². The third kappa shape index (κ3) is 3.40. The summed E-state index contributed by atoms with van der Waals surface area (Å²) in [5.74, 6) is -0.475. The van der Waals surface area contributed by atoms with E-state index in [4.69, 9.17) is 11.6 Å². The van der Waals surface area contributed by atoms with Crippen LogP contribution in [0.4, 0.5) is 14.9 Å². The third-order valence-electron chi connectivity index (χ3n) is 1.93. The molecule has 0 saturated carbocycles. The van der Waals surface area contributed by atoms with E-state index in [9.17, 15) is 9.18 Å². The molecule has 0 unspecified atom stereocenters. The largest absolute Gasteiger partial charge is 0.328 e. The molecule has 0 spiro atoms. The maximum absolute atomic E-state index is 12.9. The zero-order valence-corrected chi connectivity index (χ0v) is 9.31. The van der Waals surface area contributed by atoms with E-state index in [2.05, 4.69) is 5.32 Å². The molecule has 0 aliphatic carbocycles. The Labute approximate surface area is 92.8 Å². The fourth-order valence-corrected chi connectivity index (χ4v) is 1.21. The monoisotopic (exact) mass is 230 g/mol. The second-order valence-corrected chi connectivity index (χ2v) is 3.54. The minimum absolute atomic E-state index is 0.254. The molecular weight excluding hydrogens is 219 g/mol. The van der Waals surface area contributed by atoms with Crippen LogP contribution in [0.15, 0.2) is 18.2 Å². The fraction of sp³-hybridized carbons (Fsp3) is 0.300. The van der Waals surface area contributed by atoms with Crippen LogP contribution in [0.3, 0.4) is 0 Å². The van der Waals surface area contributed by atoms with Gasteiger partial charge in [-0.15, -0.1) is 0 Å². The Balaban J connectivity index is 2.76. The molecule has 1 N–H and O–H groups in total. The van der Waals surface area contributed by atoms with E-state index in [1.54, 1.807) is 7.05 Å². The van der Waals surface area contributed by atoms with E-state index in [1.165, 1.54) is 23.1 Å². The first-order chi connectivity index (χ1) is 7.02. The number of carbonyl (C=O) groups excluding carboxylic acids is 1. The van der Waals surface area contributed by atoms with Gasteiger partial charge in [0.15, 0.2) is 0 Å². The summed E-state index contributed by atoms with van der Waals surface area (Å²) in [6.07, 6.45) is 0. The number of benzene rings is 1. The van der Waals surface area contributed by atoms with Crippen molar-refractivity contribution in [2.24, 2.45) is 0 Å². The summed E-state index contributed by atoms with van der Waals surface area (Å²) < 4.78 is 12.9. The van der Waals surface area contributed by atoms with Gasteiger partial charge in [-0.05, 0) is 25.1 Å². The Kier molecular flexibility index (Phi) is 3.91. The van der Waals surface area contributed by atoms with Crippen LogP contribution in [-0.4, -0.2) is 24.5 Å². The van der Waals surface area contributed by atoms with Gasteiger partial charge in [0.2, 0.25) is 0 Å². The zero-order chi connectivity index (χ0) is 11.4. The predicted octanol–water partition coefficient (Wildman–Crippen LogP) is 2.96. The molecule has 0 saturated heterocycles. The molecule has 82 valence electrons. The highest BCUT2D eigenvalue weighted by Gasteiger charge is 2.07. The molecule has 3 nitrogen and oxygen atoms in total. The quantitative estimate of drug-likeness (QED) is 0.833. The number of nitrogens with one attached hydrogen (secondary N) is 1. The van der Waals surface area contributed by atoms with E-state index in [-0.39, 0.29) is 11.1 Å². The SMILES string of the molecule is CCN(C)C(=O)Nc1cc(F)cc(Cl)c1. The third-order valence-corrected chi connectivity index (χ3v) is 2.15. The number of carbonyl (C=O) groups is 1. The molecule has 0 aliphatic heterocycles. The van der Waals surface area contributed by atoms with Crippen molar-refractivity contribution >= 4 is 23.3 Å². The summed E-state index contributed by atoms with van der Waals surface area (Å²) in [6.45, 7) is 2.42. The van der Waals surface area contributed by atoms with Crippen LogP contribution >= 0.6 is 11.6 Å². The average Bonchev–Trinajstić information content (AvgIpc) is 2.14. The topological polar surface area (TPSA) is 32.3 Å². The lowest BCUT2D eigenvalue weighted by Gasteiger charge is -2.15. The highest BCUT2D eigenvalue weighted by atomic mass is 35.5. The van der Waals surface area contributed by atoms with Crippen LogP contribution in [0.1, 0.15) is 6.92 Å². The minimum atomic E-state index is -0.475. The van der Waals surface area contributed by atoms with Crippen LogP contribution in [0.5, 0.6) is 0 Å². The first kappa shape index (κ1) is 11.8. The van der Waals surface area contributed by atoms with Crippen LogP contribution in [0.25, 0.3) is 0 Å². The molecule has 0 heterocycles. The fourth-order valence-electron chi connectivity index (χ4n) is 0.989. The van der Waals surface area contributed by atoms with Gasteiger partial charge in [0, 0.05) is 24.3 Å². The summed E-state index contributed by atoms with van der Waals surface area (Å²) in [4.78, 5) is 12.9. The van der Waals surface area contributed by atoms with E-state index in [1.807, 2.05) is 6.92 Å². The second-order valence-electron chi connectivity index (χ2n) is 3.10. The summed E-state index contributed by atoms with van der Waals surface area (Å²) in [5.41, 5.74) is 0.352. The smallest absolute Gasteiger partial charge is 0.321 e. The van der Waals surface area contributed by atoms with Gasteiger partial charge in [0.25, 0.3) is 0 Å². The van der Waals surface area contributed by atoms with Crippen molar-refractivity contribution in [1.29, 1.82) is 0 Å². The lowest BCUT2D eigenvalue weighted by molar-refractivity contribution is 0.224. The Morgan fingerprint density at radius 1 is 1.53 bits per heavy atom. The predicted molar refractivity (Wildman–Crippen MR) is 58.7 cm³/mol. The minimum Gasteiger partial charge on any atom is -0.328 e. The summed E-state index contributed by atoms with van der Waals surface area (Å²) >= 11 is 5.64. The molecule has 0 atom stereocenters. The molecular formula is C10H12ClFN2O. The van der Waals surface area contributed by atoms with Crippen molar-refractivity contribution in [2.45, 2.75) is 6.92 Å². The van der Waals surface area contributed by atoms with E-state index >= 15 is 0 Å². The zero-order valence-electron chi connectivity index (χ0n) is 8.55. The molecule has 5 heteroatoms. The Morgan fingerprint density at radius 2 is 2.20 bits per heavy atom. The van der Waals surface area contributed by atoms with Crippen LogP contribution in [0, 0.1) is 5.82 Å². The molecule has 15 heavy (non-hydrogen) atoms. The van der Waals surface area contributed by atoms with Crippen LogP contribution in [-0.2, 0) is 0 Å². The van der Waals surface area contributed by atoms with E-state index in [0.717, 1.165) is 0 Å². The normalized spacial score (nSPS) is 9.87. The molecule has 0 aromatic heterocycles. The Hall–Kier alpha value is -1.29. The van der Waals surface area contributed by atoms with Crippen molar-refractivity contribution in [1.82, 2.24) is 4.90 Å². The lowest BCUT2D eigenvalue weighted by Crippen LogP contribution is -2.30. The van der Waals surface area contributed by atoms with Crippen molar-refractivity contribution in [3.63, 3.8) is 0 Å². The highest BCUT2D eigenvalue weighted by Crippen LogP contribution is 2.18. The Morgan fingerprint density at radius 3 is 2.73 bits per heavy atom. The summed E-state index contributed by atoms with van der Waals surface area (Å²) in [5, 5.41) is 2.79. The van der Waals surface area contributed by atoms with Crippen molar-refractivity contribution in [3.05, 3.63) is 29.0 Å². The lowest BCUT2D eigenvalue weighted by atomic mass is 10.3. The van der Waals surface area contributed by atoms with Gasteiger partial charge in [-0.25, -0.2) is 9.18 Å². The second kappa shape index (κ2) is 4.98. The molecule has 0 bridgehead atoms. The van der Waals surface area contributed by atoms with Crippen molar-refractivity contribution < 1.29 is 9.18 Å². The average molecular weight is 231 g/mol. The van der Waals surface area contributed by atoms with Gasteiger partial charge in [-0.3, -0.25) is 0 Å². The van der Waals surface area contributed by atoms with Crippen molar-refractivity contribution in [2.75, 3.05) is 18.9 Å². The van der Waals surface area contributed by atoms with Gasteiger partial charge in [0.05, 0.1) is 0 Å². The first-order valence-corrected chi connectivity index (χ1v) is 4.89. The maximum atomic E-state index is 12.9. The number of halogens is 2. The van der Waals surface area contributed by atoms with Crippen molar-refractivity contribution in [3.8, 4) is 0 Å². The number of hydrogen-bond donors (Lipinski definition) is 1. The number of rotatable bonds is 2. The Bertz CT molecular complexity index is 350. The molecule has 0 fully saturated rings. The molecule has 1 aromatic rings. The molecule has 1 rings (SSSR count). The molecule has 2 amide bonds. The van der Waals surface area contributed by atoms with E-state index < -0.39 is 5.82 Å². The molecule has 1 aromatic carbocycles. The highest BCUT2D eigenvalue weighted by molar-refractivity contribution is 6.30. The number of anilines is 1. The molecule has 0 aliphatic rings.